The minimum absolute atomic E-state index is 0.138. The Morgan fingerprint density at radius 2 is 2.00 bits per heavy atom. The first-order chi connectivity index (χ1) is 5.88. The molecule has 0 amide bonds. The van der Waals surface area contributed by atoms with Gasteiger partial charge in [-0.05, 0) is 5.16 Å². The van der Waals surface area contributed by atoms with E-state index >= 15 is 0 Å². The number of rotatable bonds is 2. The average molecular weight is 195 g/mol. The summed E-state index contributed by atoms with van der Waals surface area (Å²) in [5.41, 5.74) is 0. The van der Waals surface area contributed by atoms with Crippen molar-refractivity contribution in [3.8, 4) is 0 Å². The van der Waals surface area contributed by atoms with Crippen LogP contribution in [0.5, 0.6) is 0 Å². The number of alkyl halides is 3. The summed E-state index contributed by atoms with van der Waals surface area (Å²) >= 11 is 0. The van der Waals surface area contributed by atoms with Gasteiger partial charge in [-0.1, -0.05) is 0 Å². The molecule has 1 rings (SSSR count). The quantitative estimate of drug-likeness (QED) is 0.712. The number of halogens is 3. The highest BCUT2D eigenvalue weighted by Crippen LogP contribution is 2.20. The monoisotopic (exact) mass is 195 g/mol. The van der Waals surface area contributed by atoms with E-state index < -0.39 is 18.5 Å². The van der Waals surface area contributed by atoms with Crippen LogP contribution in [0.15, 0.2) is 4.52 Å². The molecular weight excluding hydrogens is 187 g/mol. The summed E-state index contributed by atoms with van der Waals surface area (Å²) in [6.07, 6.45) is -5.50. The molecule has 13 heavy (non-hydrogen) atoms. The van der Waals surface area contributed by atoms with Crippen molar-refractivity contribution in [2.45, 2.75) is 12.6 Å². The molecule has 0 aliphatic carbocycles. The summed E-state index contributed by atoms with van der Waals surface area (Å²) < 4.78 is 39.8. The summed E-state index contributed by atoms with van der Waals surface area (Å²) in [6.45, 7) is 0. The fourth-order valence-corrected chi connectivity index (χ4v) is 0.671. The van der Waals surface area contributed by atoms with Gasteiger partial charge < -0.3 is 9.42 Å². The van der Waals surface area contributed by atoms with E-state index in [4.69, 9.17) is 0 Å². The summed E-state index contributed by atoms with van der Waals surface area (Å²) in [6, 6.07) is 0. The Hall–Kier alpha value is -1.27. The van der Waals surface area contributed by atoms with Crippen molar-refractivity contribution in [3.05, 3.63) is 5.89 Å². The Labute approximate surface area is 72.3 Å². The first-order valence-electron chi connectivity index (χ1n) is 3.45. The third-order valence-electron chi connectivity index (χ3n) is 1.21. The molecule has 0 aromatic carbocycles. The summed E-state index contributed by atoms with van der Waals surface area (Å²) in [5.74, 6) is -0.282. The molecule has 0 saturated heterocycles. The lowest BCUT2D eigenvalue weighted by Gasteiger charge is -2.02. The van der Waals surface area contributed by atoms with Crippen LogP contribution in [-0.4, -0.2) is 30.4 Å². The molecule has 7 heteroatoms. The van der Waals surface area contributed by atoms with Crippen LogP contribution in [0.1, 0.15) is 5.89 Å². The van der Waals surface area contributed by atoms with E-state index in [1.54, 1.807) is 14.1 Å². The summed E-state index contributed by atoms with van der Waals surface area (Å²) in [7, 11) is 3.23. The molecule has 0 N–H and O–H groups in total. The fourth-order valence-electron chi connectivity index (χ4n) is 0.671. The lowest BCUT2D eigenvalue weighted by Crippen LogP contribution is -2.13. The molecule has 0 bridgehead atoms. The van der Waals surface area contributed by atoms with Gasteiger partial charge in [0, 0.05) is 14.1 Å². The predicted molar refractivity (Wildman–Crippen MR) is 38.4 cm³/mol. The van der Waals surface area contributed by atoms with Crippen LogP contribution < -0.4 is 4.90 Å². The first kappa shape index (κ1) is 9.82. The maximum atomic E-state index is 11.8. The smallest absolute Gasteiger partial charge is 0.344 e. The minimum atomic E-state index is -4.31. The Bertz CT molecular complexity index is 281. The molecule has 1 aromatic heterocycles. The van der Waals surface area contributed by atoms with Crippen molar-refractivity contribution >= 4 is 5.95 Å². The van der Waals surface area contributed by atoms with Crippen LogP contribution in [0.4, 0.5) is 19.1 Å². The largest absolute Gasteiger partial charge is 0.397 e. The summed E-state index contributed by atoms with van der Waals surface area (Å²) in [5, 5.41) is 3.34. The standard InChI is InChI=1S/C6H8F3N3O/c1-12(2)5-10-4(13-11-5)3-6(7,8)9/h3H2,1-2H3. The molecule has 0 unspecified atom stereocenters. The normalized spacial score (nSPS) is 11.8. The molecule has 0 aliphatic rings. The zero-order chi connectivity index (χ0) is 10.1. The molecule has 0 aliphatic heterocycles. The van der Waals surface area contributed by atoms with Crippen LogP contribution >= 0.6 is 0 Å². The Kier molecular flexibility index (Phi) is 2.44. The van der Waals surface area contributed by atoms with Gasteiger partial charge in [-0.15, -0.1) is 0 Å². The van der Waals surface area contributed by atoms with Gasteiger partial charge in [-0.3, -0.25) is 0 Å². The van der Waals surface area contributed by atoms with Gasteiger partial charge in [0.15, 0.2) is 0 Å². The van der Waals surface area contributed by atoms with Crippen molar-refractivity contribution in [1.82, 2.24) is 10.1 Å². The van der Waals surface area contributed by atoms with E-state index in [9.17, 15) is 13.2 Å². The number of hydrogen-bond acceptors (Lipinski definition) is 4. The highest BCUT2D eigenvalue weighted by Gasteiger charge is 2.31. The SMILES string of the molecule is CN(C)c1noc(CC(F)(F)F)n1. The number of anilines is 1. The van der Waals surface area contributed by atoms with Crippen molar-refractivity contribution in [3.63, 3.8) is 0 Å². The zero-order valence-corrected chi connectivity index (χ0v) is 7.09. The van der Waals surface area contributed by atoms with Gasteiger partial charge in [0.1, 0.15) is 6.42 Å². The highest BCUT2D eigenvalue weighted by molar-refractivity contribution is 5.23. The van der Waals surface area contributed by atoms with Gasteiger partial charge in [-0.25, -0.2) is 0 Å². The highest BCUT2D eigenvalue weighted by atomic mass is 19.4. The molecule has 0 radical (unpaired) electrons. The molecule has 0 fully saturated rings. The Balaban J connectivity index is 2.70. The fraction of sp³-hybridized carbons (Fsp3) is 0.667. The van der Waals surface area contributed by atoms with Crippen molar-refractivity contribution < 1.29 is 17.7 Å². The van der Waals surface area contributed by atoms with Crippen LogP contribution in [0.25, 0.3) is 0 Å². The number of nitrogens with zero attached hydrogens (tertiary/aromatic N) is 3. The van der Waals surface area contributed by atoms with Crippen LogP contribution in [0, 0.1) is 0 Å². The lowest BCUT2D eigenvalue weighted by atomic mass is 10.4. The van der Waals surface area contributed by atoms with E-state index in [2.05, 4.69) is 14.7 Å². The van der Waals surface area contributed by atoms with E-state index in [0.29, 0.717) is 0 Å². The minimum Gasteiger partial charge on any atom is -0.344 e. The number of hydrogen-bond donors (Lipinski definition) is 0. The second-order valence-electron chi connectivity index (χ2n) is 2.67. The number of aromatic nitrogens is 2. The Morgan fingerprint density at radius 3 is 2.38 bits per heavy atom. The maximum absolute atomic E-state index is 11.8. The van der Waals surface area contributed by atoms with Crippen molar-refractivity contribution in [2.24, 2.45) is 0 Å². The van der Waals surface area contributed by atoms with Gasteiger partial charge >= 0.3 is 6.18 Å². The van der Waals surface area contributed by atoms with Crippen LogP contribution in [0.3, 0.4) is 0 Å². The molecule has 74 valence electrons. The zero-order valence-electron chi connectivity index (χ0n) is 7.09. The summed E-state index contributed by atoms with van der Waals surface area (Å²) in [4.78, 5) is 4.98. The predicted octanol–water partition coefficient (Wildman–Crippen LogP) is 1.24. The second-order valence-corrected chi connectivity index (χ2v) is 2.67. The molecule has 4 nitrogen and oxygen atoms in total. The van der Waals surface area contributed by atoms with Crippen molar-refractivity contribution in [1.29, 1.82) is 0 Å². The molecule has 0 saturated carbocycles. The van der Waals surface area contributed by atoms with Crippen LogP contribution in [0.2, 0.25) is 0 Å². The molecule has 0 atom stereocenters. The third-order valence-corrected chi connectivity index (χ3v) is 1.21. The molecule has 1 heterocycles. The molecular formula is C6H8F3N3O. The van der Waals surface area contributed by atoms with E-state index in [-0.39, 0.29) is 5.95 Å². The topological polar surface area (TPSA) is 42.2 Å². The maximum Gasteiger partial charge on any atom is 0.397 e. The first-order valence-corrected chi connectivity index (χ1v) is 3.45. The molecule has 1 aromatic rings. The van der Waals surface area contributed by atoms with Gasteiger partial charge in [0.05, 0.1) is 0 Å². The van der Waals surface area contributed by atoms with E-state index in [1.807, 2.05) is 0 Å². The van der Waals surface area contributed by atoms with Gasteiger partial charge in [0.25, 0.3) is 5.95 Å². The second kappa shape index (κ2) is 3.23. The Morgan fingerprint density at radius 1 is 1.38 bits per heavy atom. The third kappa shape index (κ3) is 2.92. The molecule has 0 spiro atoms. The van der Waals surface area contributed by atoms with Gasteiger partial charge in [0.2, 0.25) is 5.89 Å². The van der Waals surface area contributed by atoms with E-state index in [0.717, 1.165) is 0 Å². The lowest BCUT2D eigenvalue weighted by molar-refractivity contribution is -0.131. The van der Waals surface area contributed by atoms with E-state index in [1.165, 1.54) is 4.90 Å². The van der Waals surface area contributed by atoms with Crippen molar-refractivity contribution in [2.75, 3.05) is 19.0 Å². The average Bonchev–Trinajstić information content (AvgIpc) is 2.31. The van der Waals surface area contributed by atoms with Crippen LogP contribution in [-0.2, 0) is 6.42 Å². The van der Waals surface area contributed by atoms with Gasteiger partial charge in [-0.2, -0.15) is 18.2 Å².